The molecule has 1 atom stereocenters. The van der Waals surface area contributed by atoms with E-state index in [-0.39, 0.29) is 18.1 Å². The van der Waals surface area contributed by atoms with E-state index in [0.29, 0.717) is 45.2 Å². The molecule has 0 aliphatic carbocycles. The van der Waals surface area contributed by atoms with E-state index >= 15 is 0 Å². The maximum atomic E-state index is 12.3. The second-order valence-electron chi connectivity index (χ2n) is 5.93. The minimum absolute atomic E-state index is 0.0997. The van der Waals surface area contributed by atoms with Gasteiger partial charge in [0.05, 0.1) is 5.75 Å². The van der Waals surface area contributed by atoms with Crippen LogP contribution in [0.5, 0.6) is 0 Å². The van der Waals surface area contributed by atoms with Gasteiger partial charge in [0, 0.05) is 19.5 Å². The number of amides is 1. The number of unbranched alkanes of at least 4 members (excludes halogenated alkanes) is 3. The number of rotatable bonds is 11. The summed E-state index contributed by atoms with van der Waals surface area (Å²) in [7, 11) is -3.36. The van der Waals surface area contributed by atoms with Gasteiger partial charge in [-0.05, 0) is 32.1 Å². The Morgan fingerprint density at radius 1 is 1.22 bits per heavy atom. The Bertz CT molecular complexity index is 492. The first-order chi connectivity index (χ1) is 10.9. The second kappa shape index (κ2) is 9.87. The van der Waals surface area contributed by atoms with E-state index in [9.17, 15) is 18.0 Å². The molecule has 1 heterocycles. The van der Waals surface area contributed by atoms with Gasteiger partial charge >= 0.3 is 5.97 Å². The van der Waals surface area contributed by atoms with Gasteiger partial charge in [-0.15, -0.1) is 0 Å². The van der Waals surface area contributed by atoms with Crippen molar-refractivity contribution < 1.29 is 23.1 Å². The number of carbonyl (C=O) groups is 2. The van der Waals surface area contributed by atoms with E-state index in [1.54, 1.807) is 0 Å². The van der Waals surface area contributed by atoms with Crippen molar-refractivity contribution in [1.82, 2.24) is 9.62 Å². The SMILES string of the molecule is CCCCS(=O)(=O)N1CCCC1C(=O)NCCCCCC(=O)O. The number of sulfonamides is 1. The molecule has 1 aliphatic rings. The lowest BCUT2D eigenvalue weighted by Crippen LogP contribution is -2.46. The van der Waals surface area contributed by atoms with E-state index in [1.165, 1.54) is 4.31 Å². The van der Waals surface area contributed by atoms with Crippen LogP contribution < -0.4 is 5.32 Å². The number of carboxylic acid groups (broad SMARTS) is 1. The highest BCUT2D eigenvalue weighted by molar-refractivity contribution is 7.89. The number of carbonyl (C=O) groups excluding carboxylic acids is 1. The number of hydrogen-bond acceptors (Lipinski definition) is 4. The summed E-state index contributed by atoms with van der Waals surface area (Å²) < 4.78 is 25.9. The molecule has 23 heavy (non-hydrogen) atoms. The van der Waals surface area contributed by atoms with Gasteiger partial charge < -0.3 is 10.4 Å². The third-order valence-corrected chi connectivity index (χ3v) is 5.94. The molecule has 0 bridgehead atoms. The third kappa shape index (κ3) is 6.87. The highest BCUT2D eigenvalue weighted by Gasteiger charge is 2.37. The lowest BCUT2D eigenvalue weighted by atomic mass is 10.2. The molecule has 1 unspecified atom stereocenters. The topological polar surface area (TPSA) is 104 Å². The lowest BCUT2D eigenvalue weighted by Gasteiger charge is -2.23. The van der Waals surface area contributed by atoms with Gasteiger partial charge in [0.15, 0.2) is 0 Å². The van der Waals surface area contributed by atoms with Gasteiger partial charge in [-0.25, -0.2) is 8.42 Å². The molecule has 0 spiro atoms. The Kier molecular flexibility index (Phi) is 8.54. The van der Waals surface area contributed by atoms with Crippen LogP contribution in [0, 0.1) is 0 Å². The Balaban J connectivity index is 2.38. The summed E-state index contributed by atoms with van der Waals surface area (Å²) in [4.78, 5) is 22.6. The summed E-state index contributed by atoms with van der Waals surface area (Å²) in [5, 5.41) is 11.3. The van der Waals surface area contributed by atoms with E-state index in [1.807, 2.05) is 6.92 Å². The van der Waals surface area contributed by atoms with E-state index < -0.39 is 22.0 Å². The van der Waals surface area contributed by atoms with Crippen LogP contribution in [0.15, 0.2) is 0 Å². The molecule has 0 saturated carbocycles. The van der Waals surface area contributed by atoms with Gasteiger partial charge in [-0.3, -0.25) is 9.59 Å². The number of nitrogens with zero attached hydrogens (tertiary/aromatic N) is 1. The fourth-order valence-corrected chi connectivity index (χ4v) is 4.57. The highest BCUT2D eigenvalue weighted by atomic mass is 32.2. The first-order valence-electron chi connectivity index (χ1n) is 8.37. The molecule has 8 heteroatoms. The average Bonchev–Trinajstić information content (AvgIpc) is 2.98. The van der Waals surface area contributed by atoms with Crippen molar-refractivity contribution >= 4 is 21.9 Å². The van der Waals surface area contributed by atoms with E-state index in [0.717, 1.165) is 12.8 Å². The quantitative estimate of drug-likeness (QED) is 0.548. The minimum atomic E-state index is -3.36. The van der Waals surface area contributed by atoms with Crippen molar-refractivity contribution in [2.24, 2.45) is 0 Å². The van der Waals surface area contributed by atoms with Crippen LogP contribution in [0.4, 0.5) is 0 Å². The standard InChI is InChI=1S/C15H28N2O5S/c1-2-3-12-23(21,22)17-11-7-8-13(17)15(20)16-10-6-4-5-9-14(18)19/h13H,2-12H2,1H3,(H,16,20)(H,18,19). The summed E-state index contributed by atoms with van der Waals surface area (Å²) in [6.45, 7) is 2.81. The van der Waals surface area contributed by atoms with E-state index in [4.69, 9.17) is 5.11 Å². The molecule has 0 aromatic heterocycles. The van der Waals surface area contributed by atoms with Crippen LogP contribution >= 0.6 is 0 Å². The van der Waals surface area contributed by atoms with Crippen LogP contribution in [0.2, 0.25) is 0 Å². The minimum Gasteiger partial charge on any atom is -0.481 e. The molecular formula is C15H28N2O5S. The van der Waals surface area contributed by atoms with Gasteiger partial charge in [0.25, 0.3) is 0 Å². The predicted molar refractivity (Wildman–Crippen MR) is 87.5 cm³/mol. The molecule has 0 aromatic rings. The summed E-state index contributed by atoms with van der Waals surface area (Å²) >= 11 is 0. The summed E-state index contributed by atoms with van der Waals surface area (Å²) in [5.41, 5.74) is 0. The van der Waals surface area contributed by atoms with Crippen LogP contribution in [-0.2, 0) is 19.6 Å². The number of hydrogen-bond donors (Lipinski definition) is 2. The molecule has 7 nitrogen and oxygen atoms in total. The van der Waals surface area contributed by atoms with E-state index in [2.05, 4.69) is 5.32 Å². The fraction of sp³-hybridized carbons (Fsp3) is 0.867. The van der Waals surface area contributed by atoms with Gasteiger partial charge in [-0.1, -0.05) is 19.8 Å². The molecule has 1 saturated heterocycles. The normalized spacial score (nSPS) is 18.9. The third-order valence-electron chi connectivity index (χ3n) is 3.99. The van der Waals surface area contributed by atoms with Crippen LogP contribution in [0.1, 0.15) is 58.3 Å². The molecule has 2 N–H and O–H groups in total. The average molecular weight is 348 g/mol. The Labute approximate surface area is 138 Å². The smallest absolute Gasteiger partial charge is 0.303 e. The molecule has 0 aromatic carbocycles. The molecule has 1 fully saturated rings. The monoisotopic (exact) mass is 348 g/mol. The van der Waals surface area contributed by atoms with Crippen molar-refractivity contribution in [2.45, 2.75) is 64.3 Å². The van der Waals surface area contributed by atoms with Gasteiger partial charge in [0.1, 0.15) is 6.04 Å². The molecule has 1 aliphatic heterocycles. The highest BCUT2D eigenvalue weighted by Crippen LogP contribution is 2.22. The van der Waals surface area contributed by atoms with Crippen molar-refractivity contribution in [2.75, 3.05) is 18.8 Å². The molecule has 1 amide bonds. The molecular weight excluding hydrogens is 320 g/mol. The summed E-state index contributed by atoms with van der Waals surface area (Å²) in [6, 6.07) is -0.587. The summed E-state index contributed by atoms with van der Waals surface area (Å²) in [5.74, 6) is -0.948. The van der Waals surface area contributed by atoms with Crippen molar-refractivity contribution in [3.05, 3.63) is 0 Å². The Morgan fingerprint density at radius 2 is 1.96 bits per heavy atom. The zero-order valence-corrected chi connectivity index (χ0v) is 14.6. The summed E-state index contributed by atoms with van der Waals surface area (Å²) in [6.07, 6.45) is 4.85. The largest absolute Gasteiger partial charge is 0.481 e. The maximum absolute atomic E-state index is 12.3. The number of aliphatic carboxylic acids is 1. The number of nitrogens with one attached hydrogen (secondary N) is 1. The zero-order chi connectivity index (χ0) is 17.3. The zero-order valence-electron chi connectivity index (χ0n) is 13.8. The maximum Gasteiger partial charge on any atom is 0.303 e. The van der Waals surface area contributed by atoms with Crippen LogP contribution in [-0.4, -0.2) is 54.6 Å². The lowest BCUT2D eigenvalue weighted by molar-refractivity contribution is -0.137. The van der Waals surface area contributed by atoms with Gasteiger partial charge in [0.2, 0.25) is 15.9 Å². The van der Waals surface area contributed by atoms with Crippen molar-refractivity contribution in [3.63, 3.8) is 0 Å². The van der Waals surface area contributed by atoms with Crippen molar-refractivity contribution in [1.29, 1.82) is 0 Å². The van der Waals surface area contributed by atoms with Gasteiger partial charge in [-0.2, -0.15) is 4.31 Å². The predicted octanol–water partition coefficient (Wildman–Crippen LogP) is 1.34. The fourth-order valence-electron chi connectivity index (χ4n) is 2.69. The first kappa shape index (κ1) is 19.9. The molecule has 1 rings (SSSR count). The van der Waals surface area contributed by atoms with Crippen LogP contribution in [0.3, 0.4) is 0 Å². The molecule has 0 radical (unpaired) electrons. The van der Waals surface area contributed by atoms with Crippen molar-refractivity contribution in [3.8, 4) is 0 Å². The second-order valence-corrected chi connectivity index (χ2v) is 7.97. The van der Waals surface area contributed by atoms with Crippen LogP contribution in [0.25, 0.3) is 0 Å². The molecule has 134 valence electrons. The first-order valence-corrected chi connectivity index (χ1v) is 9.98. The number of carboxylic acids is 1. The Morgan fingerprint density at radius 3 is 2.61 bits per heavy atom. The Hall–Kier alpha value is -1.15.